The first-order valence-corrected chi connectivity index (χ1v) is 9.44. The van der Waals surface area contributed by atoms with Gasteiger partial charge in [0.1, 0.15) is 5.82 Å². The molecule has 1 heterocycles. The minimum Gasteiger partial charge on any atom is -0.327 e. The number of unbranched alkanes of at least 4 members (excludes halogenated alkanes) is 8. The Morgan fingerprint density at radius 2 is 1.75 bits per heavy atom. The number of anilines is 1. The van der Waals surface area contributed by atoms with Crippen LogP contribution >= 0.6 is 0 Å². The average Bonchev–Trinajstić information content (AvgIpc) is 2.59. The number of pyridine rings is 1. The lowest BCUT2D eigenvalue weighted by atomic mass is 10.0. The van der Waals surface area contributed by atoms with Crippen molar-refractivity contribution in [2.45, 2.75) is 83.6 Å². The molecule has 5 heteroatoms. The van der Waals surface area contributed by atoms with E-state index in [0.29, 0.717) is 12.2 Å². The molecular weight excluding hydrogens is 300 g/mol. The van der Waals surface area contributed by atoms with E-state index in [2.05, 4.69) is 22.8 Å². The van der Waals surface area contributed by atoms with Crippen molar-refractivity contribution in [3.05, 3.63) is 24.4 Å². The maximum atomic E-state index is 11.8. The summed E-state index contributed by atoms with van der Waals surface area (Å²) in [6.45, 7) is 2.25. The molecule has 1 aromatic heterocycles. The van der Waals surface area contributed by atoms with E-state index in [0.717, 1.165) is 12.8 Å². The smallest absolute Gasteiger partial charge is 0.239 e. The van der Waals surface area contributed by atoms with Crippen molar-refractivity contribution >= 4 is 11.7 Å². The Morgan fingerprint density at radius 1 is 1.08 bits per heavy atom. The second kappa shape index (κ2) is 13.8. The lowest BCUT2D eigenvalue weighted by Gasteiger charge is -2.12. The van der Waals surface area contributed by atoms with E-state index in [4.69, 9.17) is 5.73 Å². The molecule has 0 saturated carbocycles. The Hall–Kier alpha value is -1.62. The summed E-state index contributed by atoms with van der Waals surface area (Å²) in [5.41, 5.74) is 11.5. The van der Waals surface area contributed by atoms with Crippen LogP contribution in [0.25, 0.3) is 0 Å². The van der Waals surface area contributed by atoms with Crippen molar-refractivity contribution in [2.24, 2.45) is 5.73 Å². The Labute approximate surface area is 146 Å². The fraction of sp³-hybridized carbons (Fsp3) is 0.684. The minimum atomic E-state index is -0.0934. The van der Waals surface area contributed by atoms with Crippen molar-refractivity contribution in [1.29, 1.82) is 0 Å². The van der Waals surface area contributed by atoms with Gasteiger partial charge in [0.05, 0.1) is 0 Å². The Bertz CT molecular complexity index is 425. The molecule has 0 radical (unpaired) electrons. The quantitative estimate of drug-likeness (QED) is 0.352. The van der Waals surface area contributed by atoms with Gasteiger partial charge in [-0.2, -0.15) is 0 Å². The van der Waals surface area contributed by atoms with Crippen LogP contribution < -0.4 is 16.6 Å². The van der Waals surface area contributed by atoms with E-state index in [9.17, 15) is 4.79 Å². The lowest BCUT2D eigenvalue weighted by Crippen LogP contribution is -2.35. The third-order valence-corrected chi connectivity index (χ3v) is 4.12. The number of nitrogens with two attached hydrogens (primary N) is 1. The molecule has 0 aliphatic heterocycles. The Kier molecular flexibility index (Phi) is 11.7. The summed E-state index contributed by atoms with van der Waals surface area (Å²) in [4.78, 5) is 15.9. The van der Waals surface area contributed by atoms with Gasteiger partial charge in [-0.25, -0.2) is 4.98 Å². The number of amides is 1. The molecule has 1 unspecified atom stereocenters. The van der Waals surface area contributed by atoms with Crippen LogP contribution in [0.3, 0.4) is 0 Å². The molecule has 24 heavy (non-hydrogen) atoms. The van der Waals surface area contributed by atoms with Gasteiger partial charge < -0.3 is 5.73 Å². The van der Waals surface area contributed by atoms with Crippen LogP contribution in [0.15, 0.2) is 24.4 Å². The van der Waals surface area contributed by atoms with E-state index >= 15 is 0 Å². The van der Waals surface area contributed by atoms with Gasteiger partial charge in [0.2, 0.25) is 5.91 Å². The third-order valence-electron chi connectivity index (χ3n) is 4.12. The zero-order chi connectivity index (χ0) is 17.5. The zero-order valence-corrected chi connectivity index (χ0v) is 15.1. The predicted octanol–water partition coefficient (Wildman–Crippen LogP) is 4.16. The van der Waals surface area contributed by atoms with Gasteiger partial charge >= 0.3 is 0 Å². The van der Waals surface area contributed by atoms with Crippen molar-refractivity contribution in [3.8, 4) is 0 Å². The first-order chi connectivity index (χ1) is 11.7. The highest BCUT2D eigenvalue weighted by molar-refractivity contribution is 5.77. The summed E-state index contributed by atoms with van der Waals surface area (Å²) in [6.07, 6.45) is 14.6. The molecular formula is C19H34N4O. The van der Waals surface area contributed by atoms with Gasteiger partial charge in [0.15, 0.2) is 0 Å². The number of hydrogen-bond donors (Lipinski definition) is 3. The second-order valence-electron chi connectivity index (χ2n) is 6.47. The molecule has 5 nitrogen and oxygen atoms in total. The number of rotatable bonds is 14. The van der Waals surface area contributed by atoms with Gasteiger partial charge in [-0.1, -0.05) is 70.8 Å². The molecule has 0 saturated heterocycles. The van der Waals surface area contributed by atoms with Crippen molar-refractivity contribution < 1.29 is 4.79 Å². The first-order valence-electron chi connectivity index (χ1n) is 9.44. The minimum absolute atomic E-state index is 0.0694. The molecule has 136 valence electrons. The normalized spacial score (nSPS) is 11.9. The van der Waals surface area contributed by atoms with Gasteiger partial charge in [0, 0.05) is 18.7 Å². The molecule has 0 fully saturated rings. The second-order valence-corrected chi connectivity index (χ2v) is 6.47. The molecule has 1 aromatic rings. The molecule has 4 N–H and O–H groups in total. The standard InChI is InChI=1S/C19H34N4O/c1-2-3-4-5-6-7-8-9-10-13-17(20)16-19(24)23-22-18-14-11-12-15-21-18/h11-12,14-15,17H,2-10,13,16,20H2,1H3,(H,21,22)(H,23,24). The molecule has 0 bridgehead atoms. The van der Waals surface area contributed by atoms with Crippen LogP contribution in [0.5, 0.6) is 0 Å². The van der Waals surface area contributed by atoms with E-state index in [1.807, 2.05) is 12.1 Å². The van der Waals surface area contributed by atoms with E-state index in [1.165, 1.54) is 51.4 Å². The highest BCUT2D eigenvalue weighted by Crippen LogP contribution is 2.11. The number of aromatic nitrogens is 1. The molecule has 1 rings (SSSR count). The van der Waals surface area contributed by atoms with Gasteiger partial charge in [0.25, 0.3) is 0 Å². The maximum absolute atomic E-state index is 11.8. The molecule has 0 aromatic carbocycles. The maximum Gasteiger partial charge on any atom is 0.239 e. The summed E-state index contributed by atoms with van der Waals surface area (Å²) in [5, 5.41) is 0. The van der Waals surface area contributed by atoms with Crippen molar-refractivity contribution in [2.75, 3.05) is 5.43 Å². The number of carbonyl (C=O) groups excluding carboxylic acids is 1. The molecule has 0 aliphatic rings. The van der Waals surface area contributed by atoms with Crippen molar-refractivity contribution in [1.82, 2.24) is 10.4 Å². The number of nitrogens with one attached hydrogen (secondary N) is 2. The summed E-state index contributed by atoms with van der Waals surface area (Å²) in [7, 11) is 0. The van der Waals surface area contributed by atoms with E-state index in [1.54, 1.807) is 12.3 Å². The monoisotopic (exact) mass is 334 g/mol. The highest BCUT2D eigenvalue weighted by Gasteiger charge is 2.09. The molecule has 1 atom stereocenters. The van der Waals surface area contributed by atoms with Gasteiger partial charge in [-0.05, 0) is 18.6 Å². The number of nitrogens with zero attached hydrogens (tertiary/aromatic N) is 1. The summed E-state index contributed by atoms with van der Waals surface area (Å²) < 4.78 is 0. The SMILES string of the molecule is CCCCCCCCCCCC(N)CC(=O)NNc1ccccn1. The van der Waals surface area contributed by atoms with Crippen LogP contribution in [-0.4, -0.2) is 16.9 Å². The van der Waals surface area contributed by atoms with Crippen LogP contribution in [-0.2, 0) is 4.79 Å². The van der Waals surface area contributed by atoms with Gasteiger partial charge in [-0.3, -0.25) is 15.6 Å². The average molecular weight is 335 g/mol. The molecule has 1 amide bonds. The van der Waals surface area contributed by atoms with Crippen LogP contribution in [0.1, 0.15) is 77.6 Å². The predicted molar refractivity (Wildman–Crippen MR) is 100 cm³/mol. The molecule has 0 spiro atoms. The highest BCUT2D eigenvalue weighted by atomic mass is 16.2. The Morgan fingerprint density at radius 3 is 2.38 bits per heavy atom. The largest absolute Gasteiger partial charge is 0.327 e. The summed E-state index contributed by atoms with van der Waals surface area (Å²) in [5.74, 6) is 0.530. The van der Waals surface area contributed by atoms with Crippen LogP contribution in [0.4, 0.5) is 5.82 Å². The molecule has 0 aliphatic carbocycles. The first kappa shape index (κ1) is 20.4. The van der Waals surface area contributed by atoms with Crippen LogP contribution in [0.2, 0.25) is 0 Å². The number of carbonyl (C=O) groups is 1. The third kappa shape index (κ3) is 11.0. The van der Waals surface area contributed by atoms with Crippen molar-refractivity contribution in [3.63, 3.8) is 0 Å². The van der Waals surface area contributed by atoms with E-state index < -0.39 is 0 Å². The Balaban J connectivity index is 1.95. The summed E-state index contributed by atoms with van der Waals surface area (Å²) >= 11 is 0. The number of hydrogen-bond acceptors (Lipinski definition) is 4. The van der Waals surface area contributed by atoms with E-state index in [-0.39, 0.29) is 11.9 Å². The lowest BCUT2D eigenvalue weighted by molar-refractivity contribution is -0.120. The summed E-state index contributed by atoms with van der Waals surface area (Å²) in [6, 6.07) is 5.41. The topological polar surface area (TPSA) is 80.0 Å². The van der Waals surface area contributed by atoms with Gasteiger partial charge in [-0.15, -0.1) is 0 Å². The zero-order valence-electron chi connectivity index (χ0n) is 15.1. The number of hydrazine groups is 1. The fourth-order valence-electron chi connectivity index (χ4n) is 2.68. The fourth-order valence-corrected chi connectivity index (χ4v) is 2.68. The van der Waals surface area contributed by atoms with Crippen LogP contribution in [0, 0.1) is 0 Å².